The first-order chi connectivity index (χ1) is 15.8. The number of ether oxygens (including phenoxy) is 2. The molecule has 0 saturated carbocycles. The van der Waals surface area contributed by atoms with Crippen molar-refractivity contribution in [1.82, 2.24) is 4.90 Å². The van der Waals surface area contributed by atoms with Gasteiger partial charge in [0.05, 0.1) is 38.4 Å². The van der Waals surface area contributed by atoms with Gasteiger partial charge in [0.2, 0.25) is 0 Å². The number of hydrogen-bond acceptors (Lipinski definition) is 4. The van der Waals surface area contributed by atoms with E-state index in [1.54, 1.807) is 4.90 Å². The van der Waals surface area contributed by atoms with Crippen LogP contribution in [0.1, 0.15) is 18.1 Å². The van der Waals surface area contributed by atoms with Crippen LogP contribution in [0.25, 0.3) is 0 Å². The van der Waals surface area contributed by atoms with Gasteiger partial charge in [0.1, 0.15) is 19.3 Å². The highest BCUT2D eigenvalue weighted by molar-refractivity contribution is 5.93. The van der Waals surface area contributed by atoms with E-state index in [0.717, 1.165) is 46.7 Å². The molecule has 2 aliphatic rings. The maximum Gasteiger partial charge on any atom is 0.324 e. The van der Waals surface area contributed by atoms with Crippen LogP contribution in [0.15, 0.2) is 42.5 Å². The molecule has 1 fully saturated rings. The normalized spacial score (nSPS) is 20.3. The van der Waals surface area contributed by atoms with Gasteiger partial charge >= 0.3 is 6.03 Å². The number of piperazine rings is 1. The Labute approximate surface area is 196 Å². The van der Waals surface area contributed by atoms with Crippen LogP contribution in [0.2, 0.25) is 0 Å². The summed E-state index contributed by atoms with van der Waals surface area (Å²) in [6, 6.07) is 13.7. The lowest BCUT2D eigenvalue weighted by Crippen LogP contribution is -2.65. The van der Waals surface area contributed by atoms with Crippen molar-refractivity contribution in [1.29, 1.82) is 0 Å². The molecule has 7 heteroatoms. The number of aryl methyl sites for hydroxylation is 2. The van der Waals surface area contributed by atoms with Crippen molar-refractivity contribution >= 4 is 11.7 Å². The average Bonchev–Trinajstić information content (AvgIpc) is 2.83. The van der Waals surface area contributed by atoms with Crippen molar-refractivity contribution in [3.63, 3.8) is 0 Å². The van der Waals surface area contributed by atoms with Crippen LogP contribution in [0, 0.1) is 13.8 Å². The van der Waals surface area contributed by atoms with Gasteiger partial charge in [-0.1, -0.05) is 30.3 Å². The second-order valence-corrected chi connectivity index (χ2v) is 9.34. The average molecular weight is 455 g/mol. The molecule has 4 rings (SSSR count). The predicted octanol–water partition coefficient (Wildman–Crippen LogP) is 3.21. The summed E-state index contributed by atoms with van der Waals surface area (Å²) in [6.07, 6.45) is -1.03. The Balaban J connectivity index is 1.37. The first kappa shape index (κ1) is 23.4. The molecule has 7 nitrogen and oxygen atoms in total. The zero-order valence-corrected chi connectivity index (χ0v) is 20.2. The molecule has 0 aromatic heterocycles. The number of nitrogens with zero attached hydrogens (tertiary/aromatic N) is 3. The Morgan fingerprint density at radius 1 is 1.12 bits per heavy atom. The highest BCUT2D eigenvalue weighted by atomic mass is 16.6. The minimum absolute atomic E-state index is 0.0301. The monoisotopic (exact) mass is 454 g/mol. The molecule has 0 spiro atoms. The maximum atomic E-state index is 13.2. The van der Waals surface area contributed by atoms with Gasteiger partial charge in [-0.2, -0.15) is 0 Å². The molecular weight excluding hydrogens is 418 g/mol. The molecule has 0 radical (unpaired) electrons. The molecule has 33 heavy (non-hydrogen) atoms. The Hall–Kier alpha value is -2.77. The van der Waals surface area contributed by atoms with Gasteiger partial charge in [-0.15, -0.1) is 0 Å². The van der Waals surface area contributed by atoms with Crippen molar-refractivity contribution in [2.45, 2.75) is 33.0 Å². The number of hydrogen-bond donors (Lipinski definition) is 1. The summed E-state index contributed by atoms with van der Waals surface area (Å²) < 4.78 is 12.6. The zero-order chi connectivity index (χ0) is 23.6. The number of amides is 2. The number of anilines is 1. The van der Waals surface area contributed by atoms with E-state index in [4.69, 9.17) is 9.47 Å². The van der Waals surface area contributed by atoms with Crippen molar-refractivity contribution in [3.05, 3.63) is 53.6 Å². The SMILES string of the molecule is CC[N+]1(CC(O)C2COc3ccccc3O2)CCN(C(=O)N(C)c2c(C)cccc2C)CC1. The second kappa shape index (κ2) is 9.61. The number of likely N-dealkylation sites (N-methyl/N-ethyl adjacent to an activating group) is 1. The standard InChI is InChI=1S/C26H36N3O4/c1-5-29(17-21(30)24-18-32-22-11-6-7-12-23(22)33-24)15-13-28(14-16-29)26(31)27(4)25-19(2)9-8-10-20(25)3/h6-12,21,24,30H,5,13-18H2,1-4H3/q+1. The molecular formula is C26H36N3O4+. The molecule has 0 bridgehead atoms. The number of fused-ring (bicyclic) bond motifs is 1. The largest absolute Gasteiger partial charge is 0.486 e. The molecule has 1 N–H and O–H groups in total. The van der Waals surface area contributed by atoms with Gasteiger partial charge in [0, 0.05) is 7.05 Å². The summed E-state index contributed by atoms with van der Waals surface area (Å²) in [6.45, 7) is 11.0. The number of urea groups is 1. The van der Waals surface area contributed by atoms with E-state index in [1.165, 1.54) is 0 Å². The Kier molecular flexibility index (Phi) is 6.81. The third-order valence-corrected chi connectivity index (χ3v) is 7.23. The summed E-state index contributed by atoms with van der Waals surface area (Å²) in [4.78, 5) is 17.0. The van der Waals surface area contributed by atoms with Gasteiger partial charge in [-0.05, 0) is 44.0 Å². The molecule has 0 aliphatic carbocycles. The highest BCUT2D eigenvalue weighted by Crippen LogP contribution is 2.32. The third-order valence-electron chi connectivity index (χ3n) is 7.23. The number of rotatable bonds is 5. The molecule has 2 heterocycles. The predicted molar refractivity (Wildman–Crippen MR) is 129 cm³/mol. The lowest BCUT2D eigenvalue weighted by molar-refractivity contribution is -0.933. The van der Waals surface area contributed by atoms with Crippen molar-refractivity contribution in [3.8, 4) is 11.5 Å². The lowest BCUT2D eigenvalue weighted by atomic mass is 10.1. The molecule has 2 unspecified atom stereocenters. The summed E-state index contributed by atoms with van der Waals surface area (Å²) >= 11 is 0. The topological polar surface area (TPSA) is 62.2 Å². The molecule has 2 aromatic carbocycles. The van der Waals surface area contributed by atoms with E-state index >= 15 is 0 Å². The Bertz CT molecular complexity index is 967. The fourth-order valence-corrected chi connectivity index (χ4v) is 5.09. The summed E-state index contributed by atoms with van der Waals surface area (Å²) in [5.74, 6) is 1.40. The van der Waals surface area contributed by atoms with E-state index in [2.05, 4.69) is 6.92 Å². The minimum Gasteiger partial charge on any atom is -0.486 e. The highest BCUT2D eigenvalue weighted by Gasteiger charge is 2.39. The Morgan fingerprint density at radius 2 is 1.76 bits per heavy atom. The van der Waals surface area contributed by atoms with Gasteiger partial charge in [0.25, 0.3) is 0 Å². The number of carbonyl (C=O) groups is 1. The van der Waals surface area contributed by atoms with Crippen LogP contribution in [-0.2, 0) is 0 Å². The minimum atomic E-state index is -0.641. The van der Waals surface area contributed by atoms with E-state index in [0.29, 0.717) is 32.0 Å². The molecule has 1 saturated heterocycles. The van der Waals surface area contributed by atoms with Crippen molar-refractivity contribution in [2.24, 2.45) is 0 Å². The first-order valence-electron chi connectivity index (χ1n) is 11.8. The van der Waals surface area contributed by atoms with Gasteiger partial charge in [-0.3, -0.25) is 4.90 Å². The van der Waals surface area contributed by atoms with Crippen molar-refractivity contribution in [2.75, 3.05) is 57.8 Å². The van der Waals surface area contributed by atoms with E-state index < -0.39 is 12.2 Å². The summed E-state index contributed by atoms with van der Waals surface area (Å²) in [5.41, 5.74) is 3.18. The lowest BCUT2D eigenvalue weighted by Gasteiger charge is -2.46. The molecule has 2 amide bonds. The fourth-order valence-electron chi connectivity index (χ4n) is 5.09. The molecule has 2 atom stereocenters. The first-order valence-corrected chi connectivity index (χ1v) is 11.8. The van der Waals surface area contributed by atoms with Crippen LogP contribution >= 0.6 is 0 Å². The number of carbonyl (C=O) groups excluding carboxylic acids is 1. The Morgan fingerprint density at radius 3 is 2.39 bits per heavy atom. The van der Waals surface area contributed by atoms with E-state index in [9.17, 15) is 9.90 Å². The number of benzene rings is 2. The van der Waals surface area contributed by atoms with Crippen LogP contribution in [0.4, 0.5) is 10.5 Å². The smallest absolute Gasteiger partial charge is 0.324 e. The van der Waals surface area contributed by atoms with Crippen LogP contribution < -0.4 is 14.4 Å². The van der Waals surface area contributed by atoms with Gasteiger partial charge in [0.15, 0.2) is 17.6 Å². The quantitative estimate of drug-likeness (QED) is 0.705. The zero-order valence-electron chi connectivity index (χ0n) is 20.2. The second-order valence-electron chi connectivity index (χ2n) is 9.34. The van der Waals surface area contributed by atoms with E-state index in [1.807, 2.05) is 68.3 Å². The van der Waals surface area contributed by atoms with Crippen LogP contribution in [0.5, 0.6) is 11.5 Å². The number of aliphatic hydroxyl groups is 1. The maximum absolute atomic E-state index is 13.2. The molecule has 2 aromatic rings. The van der Waals surface area contributed by atoms with Crippen LogP contribution in [0.3, 0.4) is 0 Å². The number of quaternary nitrogens is 1. The summed E-state index contributed by atoms with van der Waals surface area (Å²) in [5, 5.41) is 11.0. The van der Waals surface area contributed by atoms with Crippen molar-refractivity contribution < 1.29 is 23.9 Å². The number of para-hydroxylation sites is 3. The molecule has 2 aliphatic heterocycles. The summed E-state index contributed by atoms with van der Waals surface area (Å²) in [7, 11) is 1.86. The number of aliphatic hydroxyl groups excluding tert-OH is 1. The van der Waals surface area contributed by atoms with Gasteiger partial charge in [-0.25, -0.2) is 4.79 Å². The third kappa shape index (κ3) is 4.80. The van der Waals surface area contributed by atoms with E-state index in [-0.39, 0.29) is 6.03 Å². The van der Waals surface area contributed by atoms with Crippen LogP contribution in [-0.4, -0.2) is 85.7 Å². The van der Waals surface area contributed by atoms with Gasteiger partial charge < -0.3 is 24.0 Å². The molecule has 178 valence electrons. The fraction of sp³-hybridized carbons (Fsp3) is 0.500.